The normalized spacial score (nSPS) is 12.2. The van der Waals surface area contributed by atoms with Gasteiger partial charge in [-0.25, -0.2) is 13.4 Å². The summed E-state index contributed by atoms with van der Waals surface area (Å²) in [7, 11) is -1.84. The zero-order valence-electron chi connectivity index (χ0n) is 17.1. The van der Waals surface area contributed by atoms with Crippen LogP contribution >= 0.6 is 0 Å². The molecule has 0 spiro atoms. The summed E-state index contributed by atoms with van der Waals surface area (Å²) in [6.07, 6.45) is 1.32. The van der Waals surface area contributed by atoms with Crippen molar-refractivity contribution in [1.82, 2.24) is 29.9 Å². The van der Waals surface area contributed by atoms with Gasteiger partial charge in [0.25, 0.3) is 5.89 Å². The van der Waals surface area contributed by atoms with Crippen molar-refractivity contribution in [3.63, 3.8) is 0 Å². The summed E-state index contributed by atoms with van der Waals surface area (Å²) in [5, 5.41) is 8.00. The maximum absolute atomic E-state index is 12.7. The molecule has 4 rings (SSSR count). The van der Waals surface area contributed by atoms with Crippen molar-refractivity contribution in [3.05, 3.63) is 54.2 Å². The second-order valence-corrected chi connectivity index (χ2v) is 8.92. The molecule has 172 valence electrons. The maximum atomic E-state index is 12.7. The first-order valence-electron chi connectivity index (χ1n) is 9.19. The van der Waals surface area contributed by atoms with Gasteiger partial charge in [-0.2, -0.15) is 23.3 Å². The van der Waals surface area contributed by atoms with E-state index in [9.17, 15) is 21.6 Å². The Morgan fingerprint density at radius 2 is 1.94 bits per heavy atom. The first kappa shape index (κ1) is 22.4. The van der Waals surface area contributed by atoms with Crippen molar-refractivity contribution in [2.24, 2.45) is 7.05 Å². The smallest absolute Gasteiger partial charge is 0.417 e. The van der Waals surface area contributed by atoms with Crippen LogP contribution in [0.15, 0.2) is 52.4 Å². The number of nitrogens with zero attached hydrogens (tertiary/aromatic N) is 6. The molecule has 0 bridgehead atoms. The SMILES string of the molecule is Cn1ncc(-c2nc(-c3cncc(S(C)(=O)=O)c3)no2)c1COc1ccc(C(F)(F)F)cn1. The van der Waals surface area contributed by atoms with Crippen molar-refractivity contribution in [2.45, 2.75) is 17.7 Å². The van der Waals surface area contributed by atoms with Crippen LogP contribution in [0.2, 0.25) is 0 Å². The third-order valence-corrected chi connectivity index (χ3v) is 5.62. The molecule has 4 aromatic heterocycles. The Kier molecular flexibility index (Phi) is 5.61. The third kappa shape index (κ3) is 4.84. The molecule has 0 fully saturated rings. The molecule has 0 N–H and O–H groups in total. The Morgan fingerprint density at radius 1 is 1.15 bits per heavy atom. The van der Waals surface area contributed by atoms with Crippen LogP contribution in [-0.2, 0) is 29.7 Å². The van der Waals surface area contributed by atoms with Crippen LogP contribution < -0.4 is 4.74 Å². The average molecular weight is 480 g/mol. The summed E-state index contributed by atoms with van der Waals surface area (Å²) in [6, 6.07) is 3.36. The molecular weight excluding hydrogens is 465 g/mol. The van der Waals surface area contributed by atoms with Crippen LogP contribution in [-0.4, -0.2) is 44.6 Å². The molecule has 0 radical (unpaired) electrons. The molecule has 4 aromatic rings. The quantitative estimate of drug-likeness (QED) is 0.409. The predicted molar refractivity (Wildman–Crippen MR) is 106 cm³/mol. The number of ether oxygens (including phenoxy) is 1. The van der Waals surface area contributed by atoms with Crippen LogP contribution in [0.3, 0.4) is 0 Å². The standard InChI is InChI=1S/C19H15F3N6O4S/c1-28-15(10-31-16-4-3-12(7-24-16)19(20,21)22)14(9-25-28)18-26-17(27-32-18)11-5-13(8-23-6-11)33(2,29)30/h3-9H,10H2,1-2H3. The Labute approximate surface area is 185 Å². The number of aromatic nitrogens is 6. The summed E-state index contributed by atoms with van der Waals surface area (Å²) < 4.78 is 73.8. The summed E-state index contributed by atoms with van der Waals surface area (Å²) in [5.74, 6) is 0.190. The van der Waals surface area contributed by atoms with E-state index < -0.39 is 21.6 Å². The monoisotopic (exact) mass is 480 g/mol. The van der Waals surface area contributed by atoms with Gasteiger partial charge in [0.2, 0.25) is 11.7 Å². The van der Waals surface area contributed by atoms with Gasteiger partial charge in [0.05, 0.1) is 27.9 Å². The molecule has 4 heterocycles. The number of hydrogen-bond donors (Lipinski definition) is 0. The maximum Gasteiger partial charge on any atom is 0.417 e. The van der Waals surface area contributed by atoms with E-state index in [2.05, 4.69) is 25.2 Å². The van der Waals surface area contributed by atoms with Gasteiger partial charge >= 0.3 is 6.18 Å². The Hall–Kier alpha value is -3.81. The first-order chi connectivity index (χ1) is 15.5. The number of sulfone groups is 1. The van der Waals surface area contributed by atoms with Gasteiger partial charge in [0, 0.05) is 43.5 Å². The van der Waals surface area contributed by atoms with Crippen molar-refractivity contribution < 1.29 is 30.8 Å². The predicted octanol–water partition coefficient (Wildman–Crippen LogP) is 2.93. The molecule has 33 heavy (non-hydrogen) atoms. The molecule has 0 saturated carbocycles. The van der Waals surface area contributed by atoms with E-state index in [1.54, 1.807) is 7.05 Å². The number of pyridine rings is 2. The molecule has 10 nitrogen and oxygen atoms in total. The highest BCUT2D eigenvalue weighted by Gasteiger charge is 2.30. The third-order valence-electron chi connectivity index (χ3n) is 4.54. The molecule has 0 saturated heterocycles. The van der Waals surface area contributed by atoms with Crippen LogP contribution in [0, 0.1) is 0 Å². The topological polar surface area (TPSA) is 126 Å². The van der Waals surface area contributed by atoms with Crippen molar-refractivity contribution in [3.8, 4) is 28.7 Å². The molecular formula is C19H15F3N6O4S. The van der Waals surface area contributed by atoms with E-state index >= 15 is 0 Å². The van der Waals surface area contributed by atoms with E-state index in [0.717, 1.165) is 18.4 Å². The average Bonchev–Trinajstić information content (AvgIpc) is 3.38. The van der Waals surface area contributed by atoms with E-state index in [4.69, 9.17) is 9.26 Å². The Morgan fingerprint density at radius 3 is 2.61 bits per heavy atom. The van der Waals surface area contributed by atoms with Crippen LogP contribution in [0.1, 0.15) is 11.3 Å². The first-order valence-corrected chi connectivity index (χ1v) is 11.1. The van der Waals surface area contributed by atoms with Gasteiger partial charge < -0.3 is 9.26 Å². The minimum Gasteiger partial charge on any atom is -0.471 e. The van der Waals surface area contributed by atoms with Crippen LogP contribution in [0.4, 0.5) is 13.2 Å². The van der Waals surface area contributed by atoms with Gasteiger partial charge in [0.15, 0.2) is 9.84 Å². The molecule has 0 atom stereocenters. The summed E-state index contributed by atoms with van der Waals surface area (Å²) in [4.78, 5) is 11.9. The van der Waals surface area contributed by atoms with Crippen LogP contribution in [0.5, 0.6) is 5.88 Å². The van der Waals surface area contributed by atoms with Gasteiger partial charge in [-0.05, 0) is 12.1 Å². The largest absolute Gasteiger partial charge is 0.471 e. The lowest BCUT2D eigenvalue weighted by atomic mass is 10.2. The molecule has 0 aliphatic rings. The van der Waals surface area contributed by atoms with Gasteiger partial charge in [-0.15, -0.1) is 0 Å². The fourth-order valence-electron chi connectivity index (χ4n) is 2.78. The summed E-state index contributed by atoms with van der Waals surface area (Å²) >= 11 is 0. The minimum atomic E-state index is -4.49. The molecule has 0 amide bonds. The number of hydrogen-bond acceptors (Lipinski definition) is 9. The number of rotatable bonds is 6. The van der Waals surface area contributed by atoms with Crippen molar-refractivity contribution >= 4 is 9.84 Å². The fraction of sp³-hybridized carbons (Fsp3) is 0.211. The van der Waals surface area contributed by atoms with E-state index in [1.165, 1.54) is 29.3 Å². The molecule has 0 aliphatic carbocycles. The lowest BCUT2D eigenvalue weighted by molar-refractivity contribution is -0.137. The lowest BCUT2D eigenvalue weighted by Gasteiger charge is -2.09. The van der Waals surface area contributed by atoms with E-state index in [0.29, 0.717) is 23.0 Å². The van der Waals surface area contributed by atoms with Crippen molar-refractivity contribution in [2.75, 3.05) is 6.26 Å². The molecule has 0 aliphatic heterocycles. The number of alkyl halides is 3. The Bertz CT molecular complexity index is 1400. The molecule has 0 aromatic carbocycles. The number of halogens is 3. The number of aryl methyl sites for hydroxylation is 1. The van der Waals surface area contributed by atoms with E-state index in [1.807, 2.05) is 0 Å². The fourth-order valence-corrected chi connectivity index (χ4v) is 3.38. The van der Waals surface area contributed by atoms with E-state index in [-0.39, 0.29) is 29.1 Å². The zero-order valence-corrected chi connectivity index (χ0v) is 17.9. The second-order valence-electron chi connectivity index (χ2n) is 6.90. The zero-order chi connectivity index (χ0) is 23.8. The van der Waals surface area contributed by atoms with Gasteiger partial charge in [0.1, 0.15) is 6.61 Å². The molecule has 14 heteroatoms. The highest BCUT2D eigenvalue weighted by molar-refractivity contribution is 7.90. The van der Waals surface area contributed by atoms with Gasteiger partial charge in [-0.3, -0.25) is 9.67 Å². The Balaban J connectivity index is 1.56. The summed E-state index contributed by atoms with van der Waals surface area (Å²) in [6.45, 7) is -0.0902. The summed E-state index contributed by atoms with van der Waals surface area (Å²) in [5.41, 5.74) is 0.373. The minimum absolute atomic E-state index is 0.00542. The van der Waals surface area contributed by atoms with Gasteiger partial charge in [-0.1, -0.05) is 5.16 Å². The lowest BCUT2D eigenvalue weighted by Crippen LogP contribution is -2.07. The van der Waals surface area contributed by atoms with Crippen LogP contribution in [0.25, 0.3) is 22.8 Å². The molecule has 0 unspecified atom stereocenters. The highest BCUT2D eigenvalue weighted by atomic mass is 32.2. The highest BCUT2D eigenvalue weighted by Crippen LogP contribution is 2.30. The second kappa shape index (κ2) is 8.27. The van der Waals surface area contributed by atoms with Crippen molar-refractivity contribution in [1.29, 1.82) is 0 Å².